The molecule has 4 saturated carbocycles. The molecule has 4 aliphatic rings. The Hall–Kier alpha value is -0.0800. The summed E-state index contributed by atoms with van der Waals surface area (Å²) in [6.07, 6.45) is 10.7. The van der Waals surface area contributed by atoms with Crippen molar-refractivity contribution in [2.45, 2.75) is 83.8 Å². The first-order valence-electron chi connectivity index (χ1n) is 9.31. The second kappa shape index (κ2) is 4.71. The molecule has 0 amide bonds. The molecule has 0 aromatic carbocycles. The standard InChI is InChI=1S/C19H32O2/c1-18-9-7-13(20)11-12(18)3-4-14-15-5-6-17(21)19(15,2)10-8-16(14)18/h12-17,20-21H,3-11H2,1-2H3/t12?,13-,14?,15+,16?,17+,18+,19+/m1/s1. The van der Waals surface area contributed by atoms with Crippen molar-refractivity contribution >= 4 is 0 Å². The first-order chi connectivity index (χ1) is 9.95. The van der Waals surface area contributed by atoms with Crippen LogP contribution in [-0.2, 0) is 0 Å². The highest BCUT2D eigenvalue weighted by Gasteiger charge is 2.59. The minimum absolute atomic E-state index is 0.0400. The smallest absolute Gasteiger partial charge is 0.0596 e. The molecule has 0 heterocycles. The minimum atomic E-state index is -0.0536. The van der Waals surface area contributed by atoms with E-state index >= 15 is 0 Å². The van der Waals surface area contributed by atoms with Crippen LogP contribution < -0.4 is 0 Å². The van der Waals surface area contributed by atoms with Crippen LogP contribution in [0, 0.1) is 34.5 Å². The van der Waals surface area contributed by atoms with Crippen molar-refractivity contribution in [2.75, 3.05) is 0 Å². The molecule has 120 valence electrons. The van der Waals surface area contributed by atoms with Gasteiger partial charge in [-0.15, -0.1) is 0 Å². The molecule has 4 fully saturated rings. The third kappa shape index (κ3) is 1.91. The Kier molecular flexibility index (Phi) is 3.25. The molecule has 2 heteroatoms. The predicted octanol–water partition coefficient (Wildman–Crippen LogP) is 3.75. The van der Waals surface area contributed by atoms with Gasteiger partial charge in [0.1, 0.15) is 0 Å². The summed E-state index contributed by atoms with van der Waals surface area (Å²) in [5, 5.41) is 20.5. The van der Waals surface area contributed by atoms with Crippen molar-refractivity contribution in [1.29, 1.82) is 0 Å². The van der Waals surface area contributed by atoms with E-state index in [9.17, 15) is 10.2 Å². The largest absolute Gasteiger partial charge is 0.393 e. The van der Waals surface area contributed by atoms with Gasteiger partial charge in [-0.05, 0) is 92.3 Å². The SMILES string of the molecule is C[C@]12CC[C@@H](O)CC1CCC1C2CC[C@]2(C)[C@@H](O)CC[C@@H]12. The maximum absolute atomic E-state index is 10.5. The predicted molar refractivity (Wildman–Crippen MR) is 83.7 cm³/mol. The zero-order chi connectivity index (χ0) is 14.8. The molecule has 0 bridgehead atoms. The van der Waals surface area contributed by atoms with Crippen molar-refractivity contribution < 1.29 is 10.2 Å². The van der Waals surface area contributed by atoms with Gasteiger partial charge in [-0.25, -0.2) is 0 Å². The van der Waals surface area contributed by atoms with Gasteiger partial charge in [-0.3, -0.25) is 0 Å². The summed E-state index contributed by atoms with van der Waals surface area (Å²) in [5.41, 5.74) is 0.676. The van der Waals surface area contributed by atoms with Crippen molar-refractivity contribution in [1.82, 2.24) is 0 Å². The number of aliphatic hydroxyl groups excluding tert-OH is 2. The summed E-state index contributed by atoms with van der Waals surface area (Å²) in [4.78, 5) is 0. The molecule has 0 spiro atoms. The Morgan fingerprint density at radius 1 is 0.762 bits per heavy atom. The second-order valence-corrected chi connectivity index (χ2v) is 9.22. The Morgan fingerprint density at radius 2 is 1.48 bits per heavy atom. The van der Waals surface area contributed by atoms with Crippen LogP contribution in [0.2, 0.25) is 0 Å². The average Bonchev–Trinajstić information content (AvgIpc) is 2.76. The van der Waals surface area contributed by atoms with Crippen LogP contribution in [0.1, 0.15) is 71.6 Å². The zero-order valence-electron chi connectivity index (χ0n) is 13.7. The van der Waals surface area contributed by atoms with E-state index in [0.717, 1.165) is 42.9 Å². The van der Waals surface area contributed by atoms with Gasteiger partial charge in [0.15, 0.2) is 0 Å². The minimum Gasteiger partial charge on any atom is -0.393 e. The van der Waals surface area contributed by atoms with Crippen LogP contribution in [0.4, 0.5) is 0 Å². The molecule has 8 atom stereocenters. The molecule has 0 aromatic heterocycles. The van der Waals surface area contributed by atoms with Gasteiger partial charge in [0.2, 0.25) is 0 Å². The number of fused-ring (bicyclic) bond motifs is 5. The molecule has 4 rings (SSSR count). The maximum Gasteiger partial charge on any atom is 0.0596 e. The highest BCUT2D eigenvalue weighted by atomic mass is 16.3. The number of hydrogen-bond acceptors (Lipinski definition) is 2. The van der Waals surface area contributed by atoms with Crippen LogP contribution in [0.15, 0.2) is 0 Å². The number of hydrogen-bond donors (Lipinski definition) is 2. The van der Waals surface area contributed by atoms with Crippen molar-refractivity contribution in [3.8, 4) is 0 Å². The van der Waals surface area contributed by atoms with E-state index in [4.69, 9.17) is 0 Å². The van der Waals surface area contributed by atoms with Gasteiger partial charge >= 0.3 is 0 Å². The lowest BCUT2D eigenvalue weighted by molar-refractivity contribution is -0.133. The Bertz CT molecular complexity index is 422. The highest BCUT2D eigenvalue weighted by Crippen LogP contribution is 2.66. The lowest BCUT2D eigenvalue weighted by atomic mass is 9.45. The van der Waals surface area contributed by atoms with Crippen LogP contribution in [0.5, 0.6) is 0 Å². The van der Waals surface area contributed by atoms with E-state index in [0.29, 0.717) is 5.41 Å². The van der Waals surface area contributed by atoms with E-state index in [1.54, 1.807) is 0 Å². The topological polar surface area (TPSA) is 40.5 Å². The van der Waals surface area contributed by atoms with Gasteiger partial charge < -0.3 is 10.2 Å². The summed E-state index contributed by atoms with van der Waals surface area (Å²) in [6.45, 7) is 4.90. The van der Waals surface area contributed by atoms with Crippen molar-refractivity contribution in [3.63, 3.8) is 0 Å². The molecule has 0 aromatic rings. The molecule has 2 N–H and O–H groups in total. The molecular formula is C19H32O2. The van der Waals surface area contributed by atoms with Crippen LogP contribution in [-0.4, -0.2) is 22.4 Å². The summed E-state index contributed by atoms with van der Waals surface area (Å²) >= 11 is 0. The van der Waals surface area contributed by atoms with Crippen molar-refractivity contribution in [2.24, 2.45) is 34.5 Å². The fraction of sp³-hybridized carbons (Fsp3) is 1.00. The number of aliphatic hydroxyl groups is 2. The third-order valence-electron chi connectivity index (χ3n) is 8.59. The molecule has 0 aliphatic heterocycles. The number of rotatable bonds is 0. The summed E-state index contributed by atoms with van der Waals surface area (Å²) in [6, 6.07) is 0. The van der Waals surface area contributed by atoms with E-state index in [1.807, 2.05) is 0 Å². The Balaban J connectivity index is 1.62. The zero-order valence-corrected chi connectivity index (χ0v) is 13.7. The maximum atomic E-state index is 10.5. The third-order valence-corrected chi connectivity index (χ3v) is 8.59. The first-order valence-corrected chi connectivity index (χ1v) is 9.31. The lowest BCUT2D eigenvalue weighted by Crippen LogP contribution is -2.54. The fourth-order valence-corrected chi connectivity index (χ4v) is 7.21. The van der Waals surface area contributed by atoms with E-state index in [-0.39, 0.29) is 17.6 Å². The second-order valence-electron chi connectivity index (χ2n) is 9.22. The monoisotopic (exact) mass is 292 g/mol. The Morgan fingerprint density at radius 3 is 2.29 bits per heavy atom. The van der Waals surface area contributed by atoms with Gasteiger partial charge in [0.05, 0.1) is 12.2 Å². The highest BCUT2D eigenvalue weighted by molar-refractivity contribution is 5.09. The molecule has 0 saturated heterocycles. The fourth-order valence-electron chi connectivity index (χ4n) is 7.21. The normalized spacial score (nSPS) is 60.0. The molecule has 21 heavy (non-hydrogen) atoms. The Labute approximate surface area is 129 Å². The molecule has 4 aliphatic carbocycles. The van der Waals surface area contributed by atoms with Crippen LogP contribution in [0.25, 0.3) is 0 Å². The molecule has 2 nitrogen and oxygen atoms in total. The quantitative estimate of drug-likeness (QED) is 0.714. The molecule has 0 radical (unpaired) electrons. The van der Waals surface area contributed by atoms with E-state index in [2.05, 4.69) is 13.8 Å². The van der Waals surface area contributed by atoms with Gasteiger partial charge in [-0.2, -0.15) is 0 Å². The van der Waals surface area contributed by atoms with Gasteiger partial charge in [0.25, 0.3) is 0 Å². The summed E-state index contributed by atoms with van der Waals surface area (Å²) in [7, 11) is 0. The molecule has 3 unspecified atom stereocenters. The van der Waals surface area contributed by atoms with E-state index in [1.165, 1.54) is 38.5 Å². The lowest BCUT2D eigenvalue weighted by Gasteiger charge is -2.60. The summed E-state index contributed by atoms with van der Waals surface area (Å²) in [5.74, 6) is 3.21. The first kappa shape index (κ1) is 14.5. The summed E-state index contributed by atoms with van der Waals surface area (Å²) < 4.78 is 0. The van der Waals surface area contributed by atoms with Crippen molar-refractivity contribution in [3.05, 3.63) is 0 Å². The van der Waals surface area contributed by atoms with Crippen LogP contribution >= 0.6 is 0 Å². The molecular weight excluding hydrogens is 260 g/mol. The van der Waals surface area contributed by atoms with Gasteiger partial charge in [-0.1, -0.05) is 13.8 Å². The average molecular weight is 292 g/mol. The van der Waals surface area contributed by atoms with Crippen LogP contribution in [0.3, 0.4) is 0 Å². The van der Waals surface area contributed by atoms with Gasteiger partial charge in [0, 0.05) is 0 Å². The van der Waals surface area contributed by atoms with E-state index < -0.39 is 0 Å².